The van der Waals surface area contributed by atoms with E-state index in [1.54, 1.807) is 30.3 Å². The van der Waals surface area contributed by atoms with Crippen LogP contribution in [0.15, 0.2) is 63.5 Å². The topological polar surface area (TPSA) is 69.9 Å². The standard InChI is InChI=1S/C19H14BrNO5/c20-12-1-4-14(5-2-12)23-10-15-6-8-17(26-15)19(22)21-13-3-7-16-18(9-13)25-11-24-16/h1-9H,10-11H2,(H,21,22). The Morgan fingerprint density at radius 3 is 2.69 bits per heavy atom. The molecule has 26 heavy (non-hydrogen) atoms. The summed E-state index contributed by atoms with van der Waals surface area (Å²) in [7, 11) is 0. The van der Waals surface area contributed by atoms with E-state index in [1.807, 2.05) is 24.3 Å². The summed E-state index contributed by atoms with van der Waals surface area (Å²) >= 11 is 3.37. The molecule has 1 N–H and O–H groups in total. The molecule has 132 valence electrons. The Bertz CT molecular complexity index is 935. The maximum atomic E-state index is 12.3. The molecule has 1 aliphatic rings. The first-order valence-electron chi connectivity index (χ1n) is 7.85. The van der Waals surface area contributed by atoms with Crippen molar-refractivity contribution in [3.05, 3.63) is 70.6 Å². The lowest BCUT2D eigenvalue weighted by molar-refractivity contribution is 0.0992. The van der Waals surface area contributed by atoms with Gasteiger partial charge in [0.2, 0.25) is 6.79 Å². The summed E-state index contributed by atoms with van der Waals surface area (Å²) < 4.78 is 22.7. The highest BCUT2D eigenvalue weighted by molar-refractivity contribution is 9.10. The summed E-state index contributed by atoms with van der Waals surface area (Å²) in [5.41, 5.74) is 0.600. The minimum Gasteiger partial charge on any atom is -0.486 e. The third-order valence-electron chi connectivity index (χ3n) is 3.71. The number of furan rings is 1. The lowest BCUT2D eigenvalue weighted by Crippen LogP contribution is -2.10. The average Bonchev–Trinajstić information content (AvgIpc) is 3.30. The molecule has 0 spiro atoms. The number of nitrogens with one attached hydrogen (secondary N) is 1. The van der Waals surface area contributed by atoms with Crippen molar-refractivity contribution in [3.8, 4) is 17.2 Å². The molecule has 0 unspecified atom stereocenters. The van der Waals surface area contributed by atoms with Crippen LogP contribution in [0.4, 0.5) is 5.69 Å². The van der Waals surface area contributed by atoms with Crippen LogP contribution in [0, 0.1) is 0 Å². The van der Waals surface area contributed by atoms with Crippen LogP contribution in [0.2, 0.25) is 0 Å². The van der Waals surface area contributed by atoms with Crippen LogP contribution in [0.1, 0.15) is 16.3 Å². The van der Waals surface area contributed by atoms with Gasteiger partial charge in [-0.25, -0.2) is 0 Å². The van der Waals surface area contributed by atoms with Gasteiger partial charge in [-0.1, -0.05) is 15.9 Å². The van der Waals surface area contributed by atoms with Gasteiger partial charge in [-0.3, -0.25) is 4.79 Å². The van der Waals surface area contributed by atoms with Gasteiger partial charge in [0.25, 0.3) is 5.91 Å². The monoisotopic (exact) mass is 415 g/mol. The highest BCUT2D eigenvalue weighted by atomic mass is 79.9. The molecule has 0 bridgehead atoms. The lowest BCUT2D eigenvalue weighted by atomic mass is 10.2. The molecule has 1 amide bonds. The van der Waals surface area contributed by atoms with E-state index in [4.69, 9.17) is 18.6 Å². The van der Waals surface area contributed by atoms with Crippen LogP contribution >= 0.6 is 15.9 Å². The predicted molar refractivity (Wildman–Crippen MR) is 97.7 cm³/mol. The number of anilines is 1. The number of ether oxygens (including phenoxy) is 3. The molecule has 0 atom stereocenters. The van der Waals surface area contributed by atoms with E-state index in [0.717, 1.165) is 10.2 Å². The van der Waals surface area contributed by atoms with Gasteiger partial charge in [-0.2, -0.15) is 0 Å². The van der Waals surface area contributed by atoms with Gasteiger partial charge in [0, 0.05) is 16.2 Å². The fraction of sp³-hybridized carbons (Fsp3) is 0.105. The van der Waals surface area contributed by atoms with Crippen molar-refractivity contribution < 1.29 is 23.4 Å². The molecule has 0 saturated heterocycles. The molecule has 0 aliphatic carbocycles. The zero-order valence-corrected chi connectivity index (χ0v) is 15.1. The molecule has 0 radical (unpaired) electrons. The molecular weight excluding hydrogens is 402 g/mol. The maximum absolute atomic E-state index is 12.3. The zero-order chi connectivity index (χ0) is 17.9. The first kappa shape index (κ1) is 16.5. The van der Waals surface area contributed by atoms with Gasteiger partial charge in [0.15, 0.2) is 17.3 Å². The molecule has 1 aliphatic heterocycles. The van der Waals surface area contributed by atoms with Gasteiger partial charge < -0.3 is 23.9 Å². The van der Waals surface area contributed by atoms with Crippen molar-refractivity contribution >= 4 is 27.5 Å². The quantitative estimate of drug-likeness (QED) is 0.658. The highest BCUT2D eigenvalue weighted by Crippen LogP contribution is 2.34. The average molecular weight is 416 g/mol. The second-order valence-corrected chi connectivity index (χ2v) is 6.45. The summed E-state index contributed by atoms with van der Waals surface area (Å²) in [5, 5.41) is 2.77. The van der Waals surface area contributed by atoms with Crippen molar-refractivity contribution in [2.75, 3.05) is 12.1 Å². The fourth-order valence-electron chi connectivity index (χ4n) is 2.43. The SMILES string of the molecule is O=C(Nc1ccc2c(c1)OCO2)c1ccc(COc2ccc(Br)cc2)o1. The highest BCUT2D eigenvalue weighted by Gasteiger charge is 2.16. The van der Waals surface area contributed by atoms with Crippen LogP contribution in [-0.2, 0) is 6.61 Å². The predicted octanol–water partition coefficient (Wildman–Crippen LogP) is 4.60. The summed E-state index contributed by atoms with van der Waals surface area (Å²) in [6.45, 7) is 0.422. The van der Waals surface area contributed by atoms with Crippen molar-refractivity contribution in [2.24, 2.45) is 0 Å². The Morgan fingerprint density at radius 2 is 1.85 bits per heavy atom. The number of amides is 1. The van der Waals surface area contributed by atoms with Gasteiger partial charge in [-0.05, 0) is 48.5 Å². The third kappa shape index (κ3) is 3.67. The summed E-state index contributed by atoms with van der Waals surface area (Å²) in [5.74, 6) is 2.40. The van der Waals surface area contributed by atoms with Gasteiger partial charge >= 0.3 is 0 Å². The first-order chi connectivity index (χ1) is 12.7. The van der Waals surface area contributed by atoms with Crippen LogP contribution in [0.5, 0.6) is 17.2 Å². The van der Waals surface area contributed by atoms with E-state index in [1.165, 1.54) is 0 Å². The van der Waals surface area contributed by atoms with Crippen LogP contribution in [0.25, 0.3) is 0 Å². The molecule has 6 nitrogen and oxygen atoms in total. The van der Waals surface area contributed by atoms with Crippen LogP contribution < -0.4 is 19.5 Å². The normalized spacial score (nSPS) is 12.0. The lowest BCUT2D eigenvalue weighted by Gasteiger charge is -2.05. The number of rotatable bonds is 5. The van der Waals surface area contributed by atoms with Gasteiger partial charge in [0.1, 0.15) is 18.1 Å². The summed E-state index contributed by atoms with van der Waals surface area (Å²) in [4.78, 5) is 12.3. The molecule has 3 aromatic rings. The Labute approximate surface area is 157 Å². The minimum atomic E-state index is -0.348. The number of halogens is 1. The number of fused-ring (bicyclic) bond motifs is 1. The van der Waals surface area contributed by atoms with Gasteiger partial charge in [-0.15, -0.1) is 0 Å². The number of hydrogen-bond donors (Lipinski definition) is 1. The molecule has 7 heteroatoms. The van der Waals surface area contributed by atoms with Gasteiger partial charge in [0.05, 0.1) is 0 Å². The molecule has 0 fully saturated rings. The number of carbonyl (C=O) groups excluding carboxylic acids is 1. The zero-order valence-electron chi connectivity index (χ0n) is 13.5. The van der Waals surface area contributed by atoms with E-state index < -0.39 is 0 Å². The van der Waals surface area contributed by atoms with Crippen molar-refractivity contribution in [1.29, 1.82) is 0 Å². The van der Waals surface area contributed by atoms with E-state index in [0.29, 0.717) is 22.9 Å². The largest absolute Gasteiger partial charge is 0.486 e. The van der Waals surface area contributed by atoms with Crippen molar-refractivity contribution in [1.82, 2.24) is 0 Å². The molecule has 4 rings (SSSR count). The molecule has 2 aromatic carbocycles. The number of benzene rings is 2. The first-order valence-corrected chi connectivity index (χ1v) is 8.65. The van der Waals surface area contributed by atoms with Crippen molar-refractivity contribution in [3.63, 3.8) is 0 Å². The molecule has 0 saturated carbocycles. The second kappa shape index (κ2) is 7.13. The van der Waals surface area contributed by atoms with Crippen LogP contribution in [0.3, 0.4) is 0 Å². The fourth-order valence-corrected chi connectivity index (χ4v) is 2.69. The summed E-state index contributed by atoms with van der Waals surface area (Å²) in [6.07, 6.45) is 0. The second-order valence-electron chi connectivity index (χ2n) is 5.53. The third-order valence-corrected chi connectivity index (χ3v) is 4.24. The Kier molecular flexibility index (Phi) is 4.53. The van der Waals surface area contributed by atoms with E-state index in [2.05, 4.69) is 21.2 Å². The number of hydrogen-bond acceptors (Lipinski definition) is 5. The smallest absolute Gasteiger partial charge is 0.291 e. The van der Waals surface area contributed by atoms with E-state index in [9.17, 15) is 4.79 Å². The van der Waals surface area contributed by atoms with Crippen LogP contribution in [-0.4, -0.2) is 12.7 Å². The molecular formula is C19H14BrNO5. The Morgan fingerprint density at radius 1 is 1.04 bits per heavy atom. The maximum Gasteiger partial charge on any atom is 0.291 e. The minimum absolute atomic E-state index is 0.187. The molecule has 2 heterocycles. The van der Waals surface area contributed by atoms with Crippen molar-refractivity contribution in [2.45, 2.75) is 6.61 Å². The van der Waals surface area contributed by atoms with E-state index in [-0.39, 0.29) is 25.1 Å². The number of carbonyl (C=O) groups is 1. The molecule has 1 aromatic heterocycles. The summed E-state index contributed by atoms with van der Waals surface area (Å²) in [6, 6.07) is 16.0. The Hall–Kier alpha value is -2.93. The van der Waals surface area contributed by atoms with E-state index >= 15 is 0 Å². The Balaban J connectivity index is 1.37.